The van der Waals surface area contributed by atoms with Crippen molar-refractivity contribution in [1.82, 2.24) is 10.9 Å². The topological polar surface area (TPSA) is 67.4 Å². The monoisotopic (exact) mass is 306 g/mol. The van der Waals surface area contributed by atoms with Crippen molar-refractivity contribution >= 4 is 11.8 Å². The molecule has 5 nitrogen and oxygen atoms in total. The average molecular weight is 306 g/mol. The second kappa shape index (κ2) is 9.82. The van der Waals surface area contributed by atoms with Crippen LogP contribution in [-0.4, -0.2) is 17.9 Å². The Hall–Kier alpha value is -2.04. The lowest BCUT2D eigenvalue weighted by Crippen LogP contribution is -2.41. The molecular formula is C17H26N2O3. The molecule has 22 heavy (non-hydrogen) atoms. The average Bonchev–Trinajstić information content (AvgIpc) is 2.53. The largest absolute Gasteiger partial charge is 0.491 e. The minimum absolute atomic E-state index is 0.0941. The Labute approximate surface area is 132 Å². The third-order valence-electron chi connectivity index (χ3n) is 3.33. The number of rotatable bonds is 8. The van der Waals surface area contributed by atoms with Crippen LogP contribution in [0.4, 0.5) is 0 Å². The molecule has 2 N–H and O–H groups in total. The van der Waals surface area contributed by atoms with E-state index in [9.17, 15) is 9.59 Å². The predicted octanol–water partition coefficient (Wildman–Crippen LogP) is 3.21. The molecule has 1 aromatic rings. The lowest BCUT2D eigenvalue weighted by Gasteiger charge is -2.13. The number of hydrazine groups is 1. The standard InChI is InChI=1S/C17H26N2O3/c1-4-6-7-11-16(20)18-19-17(21)14-9-8-10-15(12-14)22-13(3)5-2/h8-10,12-13H,4-7,11H2,1-3H3,(H,18,20)(H,19,21). The first kappa shape index (κ1) is 18.0. The molecule has 0 aliphatic carbocycles. The summed E-state index contributed by atoms with van der Waals surface area (Å²) in [6.07, 6.45) is 4.31. The smallest absolute Gasteiger partial charge is 0.269 e. The maximum Gasteiger partial charge on any atom is 0.269 e. The number of hydrogen-bond donors (Lipinski definition) is 2. The third kappa shape index (κ3) is 6.61. The summed E-state index contributed by atoms with van der Waals surface area (Å²) in [5.74, 6) is 0.128. The fraction of sp³-hybridized carbons (Fsp3) is 0.529. The Morgan fingerprint density at radius 2 is 1.95 bits per heavy atom. The van der Waals surface area contributed by atoms with Gasteiger partial charge in [-0.1, -0.05) is 32.8 Å². The number of benzene rings is 1. The van der Waals surface area contributed by atoms with Crippen LogP contribution in [0, 0.1) is 0 Å². The van der Waals surface area contributed by atoms with Crippen LogP contribution in [0.5, 0.6) is 5.75 Å². The van der Waals surface area contributed by atoms with Gasteiger partial charge in [0.25, 0.3) is 5.91 Å². The number of ether oxygens (including phenoxy) is 1. The summed E-state index contributed by atoms with van der Waals surface area (Å²) in [6.45, 7) is 6.09. The summed E-state index contributed by atoms with van der Waals surface area (Å²) in [6, 6.07) is 6.93. The molecule has 1 rings (SSSR count). The van der Waals surface area contributed by atoms with E-state index in [2.05, 4.69) is 17.8 Å². The minimum atomic E-state index is -0.349. The van der Waals surface area contributed by atoms with E-state index < -0.39 is 0 Å². The van der Waals surface area contributed by atoms with E-state index >= 15 is 0 Å². The maximum atomic E-state index is 12.0. The molecule has 0 saturated heterocycles. The van der Waals surface area contributed by atoms with Crippen molar-refractivity contribution in [3.8, 4) is 5.75 Å². The Morgan fingerprint density at radius 3 is 2.64 bits per heavy atom. The Bertz CT molecular complexity index is 489. The van der Waals surface area contributed by atoms with Crippen LogP contribution in [0.2, 0.25) is 0 Å². The summed E-state index contributed by atoms with van der Waals surface area (Å²) < 4.78 is 5.68. The molecule has 1 atom stereocenters. The molecule has 2 amide bonds. The maximum absolute atomic E-state index is 12.0. The van der Waals surface area contributed by atoms with Gasteiger partial charge < -0.3 is 4.74 Å². The number of hydrogen-bond acceptors (Lipinski definition) is 3. The Balaban J connectivity index is 2.48. The molecule has 0 radical (unpaired) electrons. The van der Waals surface area contributed by atoms with Crippen molar-refractivity contribution in [2.75, 3.05) is 0 Å². The van der Waals surface area contributed by atoms with Crippen LogP contribution >= 0.6 is 0 Å². The van der Waals surface area contributed by atoms with E-state index in [-0.39, 0.29) is 17.9 Å². The summed E-state index contributed by atoms with van der Waals surface area (Å²) >= 11 is 0. The predicted molar refractivity (Wildman–Crippen MR) is 86.6 cm³/mol. The van der Waals surface area contributed by atoms with E-state index in [1.807, 2.05) is 19.9 Å². The molecule has 0 fully saturated rings. The van der Waals surface area contributed by atoms with Crippen LogP contribution < -0.4 is 15.6 Å². The van der Waals surface area contributed by atoms with Crippen molar-refractivity contribution in [2.45, 2.75) is 59.0 Å². The molecule has 0 aliphatic rings. The van der Waals surface area contributed by atoms with Crippen molar-refractivity contribution in [3.63, 3.8) is 0 Å². The van der Waals surface area contributed by atoms with Crippen molar-refractivity contribution in [3.05, 3.63) is 29.8 Å². The van der Waals surface area contributed by atoms with E-state index in [4.69, 9.17) is 4.74 Å². The number of unbranched alkanes of at least 4 members (excludes halogenated alkanes) is 2. The van der Waals surface area contributed by atoms with Gasteiger partial charge in [-0.2, -0.15) is 0 Å². The molecule has 0 bridgehead atoms. The van der Waals surface area contributed by atoms with Gasteiger partial charge in [0.05, 0.1) is 6.10 Å². The summed E-state index contributed by atoms with van der Waals surface area (Å²) in [5.41, 5.74) is 5.31. The molecule has 0 saturated carbocycles. The van der Waals surface area contributed by atoms with Crippen molar-refractivity contribution in [1.29, 1.82) is 0 Å². The normalized spacial score (nSPS) is 11.6. The Morgan fingerprint density at radius 1 is 1.18 bits per heavy atom. The van der Waals surface area contributed by atoms with Gasteiger partial charge >= 0.3 is 0 Å². The van der Waals surface area contributed by atoms with E-state index in [1.165, 1.54) is 0 Å². The van der Waals surface area contributed by atoms with Gasteiger partial charge in [0, 0.05) is 12.0 Å². The summed E-state index contributed by atoms with van der Waals surface area (Å²) in [4.78, 5) is 23.6. The third-order valence-corrected chi connectivity index (χ3v) is 3.33. The minimum Gasteiger partial charge on any atom is -0.491 e. The first-order valence-corrected chi connectivity index (χ1v) is 7.92. The Kier molecular flexibility index (Phi) is 8.04. The van der Waals surface area contributed by atoms with Gasteiger partial charge in [-0.15, -0.1) is 0 Å². The van der Waals surface area contributed by atoms with E-state index in [0.717, 1.165) is 25.7 Å². The number of amides is 2. The lowest BCUT2D eigenvalue weighted by molar-refractivity contribution is -0.121. The highest BCUT2D eigenvalue weighted by atomic mass is 16.5. The molecule has 122 valence electrons. The van der Waals surface area contributed by atoms with Crippen LogP contribution in [0.15, 0.2) is 24.3 Å². The lowest BCUT2D eigenvalue weighted by atomic mass is 10.2. The summed E-state index contributed by atoms with van der Waals surface area (Å²) in [5, 5.41) is 0. The molecular weight excluding hydrogens is 280 g/mol. The van der Waals surface area contributed by atoms with Crippen LogP contribution in [-0.2, 0) is 4.79 Å². The van der Waals surface area contributed by atoms with Gasteiger partial charge in [0.15, 0.2) is 0 Å². The van der Waals surface area contributed by atoms with Crippen molar-refractivity contribution < 1.29 is 14.3 Å². The highest BCUT2D eigenvalue weighted by Crippen LogP contribution is 2.15. The molecule has 5 heteroatoms. The van der Waals surface area contributed by atoms with Crippen LogP contribution in [0.3, 0.4) is 0 Å². The van der Waals surface area contributed by atoms with Gasteiger partial charge in [-0.3, -0.25) is 20.4 Å². The second-order valence-corrected chi connectivity index (χ2v) is 5.32. The SMILES string of the molecule is CCCCCC(=O)NNC(=O)c1cccc(OC(C)CC)c1. The van der Waals surface area contributed by atoms with Gasteiger partial charge in [-0.25, -0.2) is 0 Å². The zero-order valence-electron chi connectivity index (χ0n) is 13.6. The van der Waals surface area contributed by atoms with Gasteiger partial charge in [-0.05, 0) is 38.0 Å². The number of carbonyl (C=O) groups is 2. The molecule has 0 spiro atoms. The number of nitrogens with one attached hydrogen (secondary N) is 2. The van der Waals surface area contributed by atoms with Crippen molar-refractivity contribution in [2.24, 2.45) is 0 Å². The fourth-order valence-corrected chi connectivity index (χ4v) is 1.82. The first-order chi connectivity index (χ1) is 10.6. The molecule has 0 heterocycles. The van der Waals surface area contributed by atoms with Crippen LogP contribution in [0.1, 0.15) is 63.2 Å². The first-order valence-electron chi connectivity index (χ1n) is 7.92. The van der Waals surface area contributed by atoms with Gasteiger partial charge in [0.2, 0.25) is 5.91 Å². The zero-order chi connectivity index (χ0) is 16.4. The molecule has 0 aromatic heterocycles. The van der Waals surface area contributed by atoms with Crippen LogP contribution in [0.25, 0.3) is 0 Å². The van der Waals surface area contributed by atoms with E-state index in [1.54, 1.807) is 18.2 Å². The highest BCUT2D eigenvalue weighted by molar-refractivity contribution is 5.95. The summed E-state index contributed by atoms with van der Waals surface area (Å²) in [7, 11) is 0. The van der Waals surface area contributed by atoms with E-state index in [0.29, 0.717) is 17.7 Å². The highest BCUT2D eigenvalue weighted by Gasteiger charge is 2.09. The molecule has 1 unspecified atom stereocenters. The molecule has 1 aromatic carbocycles. The second-order valence-electron chi connectivity index (χ2n) is 5.32. The molecule has 0 aliphatic heterocycles. The quantitative estimate of drug-likeness (QED) is 0.572. The zero-order valence-corrected chi connectivity index (χ0v) is 13.6. The fourth-order valence-electron chi connectivity index (χ4n) is 1.82. The van der Waals surface area contributed by atoms with Gasteiger partial charge in [0.1, 0.15) is 5.75 Å². The number of carbonyl (C=O) groups excluding carboxylic acids is 2.